The van der Waals surface area contributed by atoms with Gasteiger partial charge in [0.1, 0.15) is 0 Å². The summed E-state index contributed by atoms with van der Waals surface area (Å²) in [5.74, 6) is 0. The lowest BCUT2D eigenvalue weighted by molar-refractivity contribution is -0.0253. The Hall–Kier alpha value is -0.160. The predicted octanol–water partition coefficient (Wildman–Crippen LogP) is 1.05. The first-order chi connectivity index (χ1) is 9.30. The minimum atomic E-state index is 0.272. The van der Waals surface area contributed by atoms with E-state index in [0.717, 1.165) is 19.2 Å². The third-order valence-corrected chi connectivity index (χ3v) is 5.64. The van der Waals surface area contributed by atoms with Crippen LogP contribution in [0.3, 0.4) is 0 Å². The van der Waals surface area contributed by atoms with Gasteiger partial charge in [-0.25, -0.2) is 0 Å². The number of likely N-dealkylation sites (tertiary alicyclic amines) is 1. The van der Waals surface area contributed by atoms with E-state index in [1.807, 2.05) is 0 Å². The highest BCUT2D eigenvalue weighted by Crippen LogP contribution is 2.40. The van der Waals surface area contributed by atoms with Crippen LogP contribution in [0.25, 0.3) is 0 Å². The van der Waals surface area contributed by atoms with Gasteiger partial charge in [0.2, 0.25) is 0 Å². The van der Waals surface area contributed by atoms with Crippen molar-refractivity contribution in [2.24, 2.45) is 5.73 Å². The second kappa shape index (κ2) is 5.68. The Labute approximate surface area is 117 Å². The van der Waals surface area contributed by atoms with Gasteiger partial charge in [0.05, 0.1) is 6.10 Å². The number of piperidine rings is 1. The van der Waals surface area contributed by atoms with Crippen LogP contribution >= 0.6 is 0 Å². The molecule has 0 radical (unpaired) electrons. The summed E-state index contributed by atoms with van der Waals surface area (Å²) in [6.07, 6.45) is 6.83. The molecule has 3 saturated heterocycles. The van der Waals surface area contributed by atoms with E-state index in [4.69, 9.17) is 10.5 Å². The van der Waals surface area contributed by atoms with Crippen LogP contribution < -0.4 is 5.73 Å². The average molecular weight is 267 g/mol. The monoisotopic (exact) mass is 267 g/mol. The van der Waals surface area contributed by atoms with Crippen LogP contribution in [-0.2, 0) is 4.74 Å². The first kappa shape index (κ1) is 13.8. The van der Waals surface area contributed by atoms with Crippen LogP contribution in [0.4, 0.5) is 0 Å². The molecule has 3 rings (SSSR count). The lowest BCUT2D eigenvalue weighted by atomic mass is 9.85. The van der Waals surface area contributed by atoms with Gasteiger partial charge in [-0.05, 0) is 45.6 Å². The van der Waals surface area contributed by atoms with Gasteiger partial charge in [0, 0.05) is 44.4 Å². The SMILES string of the molecule is CCOC1CCN(C2(CN)CCN3CCCC32)CC1. The van der Waals surface area contributed by atoms with Crippen LogP contribution in [-0.4, -0.2) is 66.8 Å². The highest BCUT2D eigenvalue weighted by Gasteiger charge is 2.51. The van der Waals surface area contributed by atoms with E-state index in [9.17, 15) is 0 Å². The van der Waals surface area contributed by atoms with E-state index in [0.29, 0.717) is 6.10 Å². The van der Waals surface area contributed by atoms with Crippen molar-refractivity contribution in [1.29, 1.82) is 0 Å². The molecule has 0 aromatic carbocycles. The number of hydrogen-bond donors (Lipinski definition) is 1. The summed E-state index contributed by atoms with van der Waals surface area (Å²) in [6.45, 7) is 8.67. The van der Waals surface area contributed by atoms with Crippen molar-refractivity contribution in [2.75, 3.05) is 39.3 Å². The Morgan fingerprint density at radius 2 is 1.95 bits per heavy atom. The van der Waals surface area contributed by atoms with Crippen LogP contribution in [0, 0.1) is 0 Å². The molecular formula is C15H29N3O. The number of hydrogen-bond acceptors (Lipinski definition) is 4. The molecule has 0 saturated carbocycles. The van der Waals surface area contributed by atoms with Gasteiger partial charge in [-0.15, -0.1) is 0 Å². The fraction of sp³-hybridized carbons (Fsp3) is 1.00. The minimum Gasteiger partial charge on any atom is -0.378 e. The van der Waals surface area contributed by atoms with E-state index in [2.05, 4.69) is 16.7 Å². The largest absolute Gasteiger partial charge is 0.378 e. The molecule has 19 heavy (non-hydrogen) atoms. The fourth-order valence-electron chi connectivity index (χ4n) is 4.65. The third kappa shape index (κ3) is 2.33. The van der Waals surface area contributed by atoms with Gasteiger partial charge in [-0.2, -0.15) is 0 Å². The number of fused-ring (bicyclic) bond motifs is 1. The van der Waals surface area contributed by atoms with Crippen molar-refractivity contribution in [3.63, 3.8) is 0 Å². The van der Waals surface area contributed by atoms with Gasteiger partial charge < -0.3 is 10.5 Å². The molecule has 3 aliphatic rings. The van der Waals surface area contributed by atoms with Crippen LogP contribution in [0.1, 0.15) is 39.0 Å². The molecule has 0 bridgehead atoms. The zero-order valence-electron chi connectivity index (χ0n) is 12.3. The quantitative estimate of drug-likeness (QED) is 0.827. The van der Waals surface area contributed by atoms with Gasteiger partial charge in [0.25, 0.3) is 0 Å². The van der Waals surface area contributed by atoms with E-state index in [1.54, 1.807) is 0 Å². The number of nitrogens with zero attached hydrogens (tertiary/aromatic N) is 2. The minimum absolute atomic E-state index is 0.272. The Kier molecular flexibility index (Phi) is 4.13. The highest BCUT2D eigenvalue weighted by atomic mass is 16.5. The Morgan fingerprint density at radius 1 is 1.16 bits per heavy atom. The summed E-state index contributed by atoms with van der Waals surface area (Å²) in [6, 6.07) is 0.723. The van der Waals surface area contributed by atoms with Crippen molar-refractivity contribution in [1.82, 2.24) is 9.80 Å². The number of ether oxygens (including phenoxy) is 1. The maximum atomic E-state index is 6.25. The average Bonchev–Trinajstić information content (AvgIpc) is 3.02. The molecule has 0 aromatic rings. The smallest absolute Gasteiger partial charge is 0.0599 e. The first-order valence-corrected chi connectivity index (χ1v) is 8.11. The number of rotatable bonds is 4. The Morgan fingerprint density at radius 3 is 2.63 bits per heavy atom. The third-order valence-electron chi connectivity index (χ3n) is 5.64. The van der Waals surface area contributed by atoms with Gasteiger partial charge in [0.15, 0.2) is 0 Å². The van der Waals surface area contributed by atoms with Crippen molar-refractivity contribution < 1.29 is 4.74 Å². The molecule has 4 nitrogen and oxygen atoms in total. The summed E-state index contributed by atoms with van der Waals surface area (Å²) in [7, 11) is 0. The summed E-state index contributed by atoms with van der Waals surface area (Å²) in [5.41, 5.74) is 6.52. The number of nitrogens with two attached hydrogens (primary N) is 1. The lowest BCUT2D eigenvalue weighted by Crippen LogP contribution is -2.62. The molecule has 0 aromatic heterocycles. The molecule has 3 fully saturated rings. The normalized spacial score (nSPS) is 37.9. The Bertz CT molecular complexity index is 304. The Balaban J connectivity index is 1.66. The van der Waals surface area contributed by atoms with Crippen LogP contribution in [0.5, 0.6) is 0 Å². The standard InChI is InChI=1S/C15H29N3O/c1-2-19-13-5-9-18(10-6-13)15(12-16)7-11-17-8-3-4-14(15)17/h13-14H,2-12,16H2,1H3. The second-order valence-electron chi connectivity index (χ2n) is 6.39. The molecule has 0 spiro atoms. The maximum Gasteiger partial charge on any atom is 0.0599 e. The molecule has 0 aliphatic carbocycles. The highest BCUT2D eigenvalue weighted by molar-refractivity contribution is 5.10. The zero-order valence-corrected chi connectivity index (χ0v) is 12.3. The summed E-state index contributed by atoms with van der Waals surface area (Å²) >= 11 is 0. The molecule has 2 N–H and O–H groups in total. The van der Waals surface area contributed by atoms with Crippen LogP contribution in [0.2, 0.25) is 0 Å². The summed E-state index contributed by atoms with van der Waals surface area (Å²) < 4.78 is 5.78. The molecule has 3 aliphatic heterocycles. The van der Waals surface area contributed by atoms with E-state index in [1.165, 1.54) is 58.3 Å². The topological polar surface area (TPSA) is 41.7 Å². The van der Waals surface area contributed by atoms with Gasteiger partial charge in [-0.3, -0.25) is 9.80 Å². The van der Waals surface area contributed by atoms with Gasteiger partial charge in [-0.1, -0.05) is 0 Å². The molecule has 2 unspecified atom stereocenters. The first-order valence-electron chi connectivity index (χ1n) is 8.11. The zero-order chi connectivity index (χ0) is 13.3. The summed E-state index contributed by atoms with van der Waals surface area (Å²) in [4.78, 5) is 5.39. The molecule has 3 heterocycles. The maximum absolute atomic E-state index is 6.25. The molecule has 2 atom stereocenters. The van der Waals surface area contributed by atoms with E-state index >= 15 is 0 Å². The molecule has 0 amide bonds. The fourth-order valence-corrected chi connectivity index (χ4v) is 4.65. The van der Waals surface area contributed by atoms with Gasteiger partial charge >= 0.3 is 0 Å². The summed E-state index contributed by atoms with van der Waals surface area (Å²) in [5, 5.41) is 0. The predicted molar refractivity (Wildman–Crippen MR) is 77.2 cm³/mol. The molecule has 4 heteroatoms. The molecule has 110 valence electrons. The van der Waals surface area contributed by atoms with Crippen molar-refractivity contribution in [3.05, 3.63) is 0 Å². The second-order valence-corrected chi connectivity index (χ2v) is 6.39. The van der Waals surface area contributed by atoms with Crippen molar-refractivity contribution in [2.45, 2.75) is 56.7 Å². The van der Waals surface area contributed by atoms with Crippen LogP contribution in [0.15, 0.2) is 0 Å². The van der Waals surface area contributed by atoms with Crippen molar-refractivity contribution >= 4 is 0 Å². The van der Waals surface area contributed by atoms with E-state index < -0.39 is 0 Å². The van der Waals surface area contributed by atoms with Crippen molar-refractivity contribution in [3.8, 4) is 0 Å². The lowest BCUT2D eigenvalue weighted by Gasteiger charge is -2.47. The molecular weight excluding hydrogens is 238 g/mol. The van der Waals surface area contributed by atoms with E-state index in [-0.39, 0.29) is 5.54 Å².